The SMILES string of the molecule is CCC1CN(S(=O)(=O)c2ccccc2Cl)CCC1N. The van der Waals surface area contributed by atoms with Crippen molar-refractivity contribution in [3.63, 3.8) is 0 Å². The molecule has 2 atom stereocenters. The van der Waals surface area contributed by atoms with Gasteiger partial charge in [0.2, 0.25) is 10.0 Å². The van der Waals surface area contributed by atoms with E-state index < -0.39 is 10.0 Å². The summed E-state index contributed by atoms with van der Waals surface area (Å²) >= 11 is 6.00. The third-order valence-electron chi connectivity index (χ3n) is 3.73. The lowest BCUT2D eigenvalue weighted by molar-refractivity contribution is 0.230. The van der Waals surface area contributed by atoms with Crippen molar-refractivity contribution in [2.24, 2.45) is 11.7 Å². The van der Waals surface area contributed by atoms with E-state index in [1.54, 1.807) is 24.3 Å². The molecule has 4 nitrogen and oxygen atoms in total. The number of hydrogen-bond donors (Lipinski definition) is 1. The minimum atomic E-state index is -3.51. The highest BCUT2D eigenvalue weighted by molar-refractivity contribution is 7.89. The van der Waals surface area contributed by atoms with Crippen LogP contribution >= 0.6 is 11.6 Å². The fraction of sp³-hybridized carbons (Fsp3) is 0.538. The van der Waals surface area contributed by atoms with Crippen molar-refractivity contribution < 1.29 is 8.42 Å². The van der Waals surface area contributed by atoms with Crippen molar-refractivity contribution >= 4 is 21.6 Å². The van der Waals surface area contributed by atoms with Gasteiger partial charge in [-0.3, -0.25) is 0 Å². The predicted molar refractivity (Wildman–Crippen MR) is 76.6 cm³/mol. The van der Waals surface area contributed by atoms with Gasteiger partial charge in [-0.05, 0) is 24.5 Å². The van der Waals surface area contributed by atoms with E-state index in [0.29, 0.717) is 19.5 Å². The Morgan fingerprint density at radius 1 is 1.42 bits per heavy atom. The van der Waals surface area contributed by atoms with E-state index in [2.05, 4.69) is 0 Å². The number of benzene rings is 1. The molecule has 6 heteroatoms. The van der Waals surface area contributed by atoms with Crippen LogP contribution < -0.4 is 5.73 Å². The molecular formula is C13H19ClN2O2S. The van der Waals surface area contributed by atoms with Crippen LogP contribution in [0, 0.1) is 5.92 Å². The number of halogens is 1. The maximum atomic E-state index is 12.6. The van der Waals surface area contributed by atoms with Crippen molar-refractivity contribution in [2.75, 3.05) is 13.1 Å². The zero-order chi connectivity index (χ0) is 14.0. The van der Waals surface area contributed by atoms with E-state index in [4.69, 9.17) is 17.3 Å². The maximum Gasteiger partial charge on any atom is 0.244 e. The van der Waals surface area contributed by atoms with Crippen LogP contribution in [0.25, 0.3) is 0 Å². The van der Waals surface area contributed by atoms with Crippen molar-refractivity contribution in [3.05, 3.63) is 29.3 Å². The van der Waals surface area contributed by atoms with Gasteiger partial charge in [0.15, 0.2) is 0 Å². The maximum absolute atomic E-state index is 12.6. The highest BCUT2D eigenvalue weighted by Crippen LogP contribution is 2.28. The van der Waals surface area contributed by atoms with Crippen molar-refractivity contribution in [1.82, 2.24) is 4.31 Å². The van der Waals surface area contributed by atoms with E-state index in [0.717, 1.165) is 6.42 Å². The molecule has 1 aliphatic heterocycles. The Morgan fingerprint density at radius 3 is 2.74 bits per heavy atom. The lowest BCUT2D eigenvalue weighted by atomic mass is 9.92. The average Bonchev–Trinajstić information content (AvgIpc) is 2.39. The lowest BCUT2D eigenvalue weighted by Gasteiger charge is -2.35. The summed E-state index contributed by atoms with van der Waals surface area (Å²) in [6, 6.07) is 6.64. The summed E-state index contributed by atoms with van der Waals surface area (Å²) in [4.78, 5) is 0.182. The third kappa shape index (κ3) is 2.94. The number of sulfonamides is 1. The van der Waals surface area contributed by atoms with Gasteiger partial charge in [0.25, 0.3) is 0 Å². The van der Waals surface area contributed by atoms with Crippen LogP contribution in [0.3, 0.4) is 0 Å². The minimum Gasteiger partial charge on any atom is -0.327 e. The van der Waals surface area contributed by atoms with Gasteiger partial charge >= 0.3 is 0 Å². The number of nitrogens with zero attached hydrogens (tertiary/aromatic N) is 1. The molecule has 2 N–H and O–H groups in total. The monoisotopic (exact) mass is 302 g/mol. The van der Waals surface area contributed by atoms with Crippen molar-refractivity contribution in [2.45, 2.75) is 30.7 Å². The molecule has 0 amide bonds. The molecular weight excluding hydrogens is 284 g/mol. The van der Waals surface area contributed by atoms with Crippen LogP contribution in [-0.2, 0) is 10.0 Å². The number of nitrogens with two attached hydrogens (primary N) is 1. The van der Waals surface area contributed by atoms with E-state index in [1.165, 1.54) is 4.31 Å². The summed E-state index contributed by atoms with van der Waals surface area (Å²) in [5, 5.41) is 0.269. The summed E-state index contributed by atoms with van der Waals surface area (Å²) in [6.07, 6.45) is 1.58. The Labute approximate surface area is 119 Å². The second kappa shape index (κ2) is 5.79. The van der Waals surface area contributed by atoms with Gasteiger partial charge in [-0.2, -0.15) is 4.31 Å². The van der Waals surface area contributed by atoms with Gasteiger partial charge < -0.3 is 5.73 Å². The van der Waals surface area contributed by atoms with Crippen molar-refractivity contribution in [3.8, 4) is 0 Å². The molecule has 1 heterocycles. The molecule has 1 aliphatic rings. The molecule has 1 saturated heterocycles. The molecule has 1 aromatic carbocycles. The standard InChI is InChI=1S/C13H19ClN2O2S/c1-2-10-9-16(8-7-12(10)15)19(17,18)13-6-4-3-5-11(13)14/h3-6,10,12H,2,7-9,15H2,1H3. The first kappa shape index (κ1) is 14.8. The molecule has 0 aromatic heterocycles. The summed E-state index contributed by atoms with van der Waals surface area (Å²) < 4.78 is 26.7. The number of rotatable bonds is 3. The van der Waals surface area contributed by atoms with Crippen LogP contribution in [0.15, 0.2) is 29.2 Å². The first-order valence-electron chi connectivity index (χ1n) is 6.47. The molecule has 0 bridgehead atoms. The smallest absolute Gasteiger partial charge is 0.244 e. The van der Waals surface area contributed by atoms with Crippen LogP contribution in [0.4, 0.5) is 0 Å². The molecule has 0 radical (unpaired) electrons. The molecule has 1 aromatic rings. The van der Waals surface area contributed by atoms with E-state index in [9.17, 15) is 8.42 Å². The first-order valence-corrected chi connectivity index (χ1v) is 8.29. The molecule has 0 saturated carbocycles. The highest BCUT2D eigenvalue weighted by atomic mass is 35.5. The van der Waals surface area contributed by atoms with E-state index in [1.807, 2.05) is 6.92 Å². The number of hydrogen-bond acceptors (Lipinski definition) is 3. The van der Waals surface area contributed by atoms with Crippen LogP contribution in [-0.4, -0.2) is 31.9 Å². The average molecular weight is 303 g/mol. The van der Waals surface area contributed by atoms with Gasteiger partial charge in [0.05, 0.1) is 5.02 Å². The summed E-state index contributed by atoms with van der Waals surface area (Å²) in [6.45, 7) is 2.98. The summed E-state index contributed by atoms with van der Waals surface area (Å²) in [5.41, 5.74) is 6.02. The lowest BCUT2D eigenvalue weighted by Crippen LogP contribution is -2.48. The quantitative estimate of drug-likeness (QED) is 0.930. The highest BCUT2D eigenvalue weighted by Gasteiger charge is 2.33. The third-order valence-corrected chi connectivity index (χ3v) is 6.10. The molecule has 1 fully saturated rings. The molecule has 0 spiro atoms. The van der Waals surface area contributed by atoms with E-state index in [-0.39, 0.29) is 21.9 Å². The number of piperidine rings is 1. The Kier molecular flexibility index (Phi) is 4.50. The van der Waals surface area contributed by atoms with Gasteiger partial charge in [-0.1, -0.05) is 37.1 Å². The fourth-order valence-electron chi connectivity index (χ4n) is 2.46. The van der Waals surface area contributed by atoms with Gasteiger partial charge in [0.1, 0.15) is 4.90 Å². The molecule has 2 unspecified atom stereocenters. The zero-order valence-corrected chi connectivity index (χ0v) is 12.5. The first-order chi connectivity index (χ1) is 8.96. The second-order valence-electron chi connectivity index (χ2n) is 4.91. The van der Waals surface area contributed by atoms with Gasteiger partial charge in [0, 0.05) is 19.1 Å². The Bertz CT molecular complexity index is 547. The van der Waals surface area contributed by atoms with E-state index >= 15 is 0 Å². The van der Waals surface area contributed by atoms with Crippen LogP contribution in [0.2, 0.25) is 5.02 Å². The summed E-state index contributed by atoms with van der Waals surface area (Å²) in [5.74, 6) is 0.214. The Morgan fingerprint density at radius 2 is 2.11 bits per heavy atom. The second-order valence-corrected chi connectivity index (χ2v) is 7.23. The fourth-order valence-corrected chi connectivity index (χ4v) is 4.47. The topological polar surface area (TPSA) is 63.4 Å². The predicted octanol–water partition coefficient (Wildman–Crippen LogP) is 2.09. The van der Waals surface area contributed by atoms with Gasteiger partial charge in [-0.15, -0.1) is 0 Å². The molecule has 0 aliphatic carbocycles. The zero-order valence-electron chi connectivity index (χ0n) is 10.9. The molecule has 2 rings (SSSR count). The Balaban J connectivity index is 2.28. The normalized spacial score (nSPS) is 25.4. The molecule has 19 heavy (non-hydrogen) atoms. The molecule has 106 valence electrons. The minimum absolute atomic E-state index is 0.0858. The van der Waals surface area contributed by atoms with Crippen LogP contribution in [0.5, 0.6) is 0 Å². The van der Waals surface area contributed by atoms with Crippen molar-refractivity contribution in [1.29, 1.82) is 0 Å². The largest absolute Gasteiger partial charge is 0.327 e. The van der Waals surface area contributed by atoms with Crippen LogP contribution in [0.1, 0.15) is 19.8 Å². The Hall–Kier alpha value is -0.620. The summed E-state index contributed by atoms with van der Waals surface area (Å²) in [7, 11) is -3.51. The van der Waals surface area contributed by atoms with Gasteiger partial charge in [-0.25, -0.2) is 8.42 Å².